The van der Waals surface area contributed by atoms with Crippen LogP contribution in [0.25, 0.3) is 11.2 Å². The number of hydrogen-bond donors (Lipinski definition) is 6. The van der Waals surface area contributed by atoms with Gasteiger partial charge in [0.15, 0.2) is 11.2 Å². The summed E-state index contributed by atoms with van der Waals surface area (Å²) in [6, 6.07) is 3.10. The minimum atomic E-state index is -5.35. The van der Waals surface area contributed by atoms with E-state index in [0.29, 0.717) is 68.8 Å². The van der Waals surface area contributed by atoms with Gasteiger partial charge < -0.3 is 35.6 Å². The van der Waals surface area contributed by atoms with Crippen molar-refractivity contribution in [2.75, 3.05) is 49.8 Å². The van der Waals surface area contributed by atoms with Gasteiger partial charge in [-0.25, -0.2) is 14.8 Å². The van der Waals surface area contributed by atoms with Crippen LogP contribution in [0, 0.1) is 5.92 Å². The third-order valence-electron chi connectivity index (χ3n) is 12.6. The Labute approximate surface area is 469 Å². The molecule has 7 amide bonds. The van der Waals surface area contributed by atoms with Gasteiger partial charge in [-0.15, -0.1) is 0 Å². The molecule has 3 atom stereocenters. The van der Waals surface area contributed by atoms with Crippen molar-refractivity contribution in [2.45, 2.75) is 154 Å². The maximum absolute atomic E-state index is 13.8. The summed E-state index contributed by atoms with van der Waals surface area (Å²) in [5.74, 6) is -5.53. The Morgan fingerprint density at radius 2 is 1.57 bits per heavy atom. The van der Waals surface area contributed by atoms with Crippen LogP contribution in [-0.2, 0) is 54.4 Å². The molecule has 0 saturated carbocycles. The fourth-order valence-corrected chi connectivity index (χ4v) is 10.6. The van der Waals surface area contributed by atoms with Gasteiger partial charge in [0.25, 0.3) is 11.5 Å². The van der Waals surface area contributed by atoms with Gasteiger partial charge in [0.2, 0.25) is 35.5 Å². The van der Waals surface area contributed by atoms with E-state index in [0.717, 1.165) is 56.8 Å². The van der Waals surface area contributed by atoms with E-state index >= 15 is 0 Å². The van der Waals surface area contributed by atoms with Crippen molar-refractivity contribution in [2.24, 2.45) is 5.92 Å². The number of fused-ring (bicyclic) bond motifs is 1. The Hall–Kier alpha value is -6.84. The number of amides is 7. The fraction of sp³-hybridized carbons (Fsp3) is 0.596. The van der Waals surface area contributed by atoms with Gasteiger partial charge in [0.1, 0.15) is 12.1 Å². The minimum Gasteiger partial charge on any atom is -0.467 e. The van der Waals surface area contributed by atoms with Crippen LogP contribution in [0.15, 0.2) is 35.3 Å². The van der Waals surface area contributed by atoms with Crippen molar-refractivity contribution in [1.82, 2.24) is 46.1 Å². The van der Waals surface area contributed by atoms with E-state index in [1.165, 1.54) is 7.05 Å². The van der Waals surface area contributed by atoms with Crippen molar-refractivity contribution < 1.29 is 65.8 Å². The van der Waals surface area contributed by atoms with Crippen LogP contribution >= 0.6 is 21.6 Å². The van der Waals surface area contributed by atoms with Gasteiger partial charge in [-0.05, 0) is 70.2 Å². The Morgan fingerprint density at radius 3 is 2.24 bits per heavy atom. The number of H-pyrrole nitrogens is 1. The number of ether oxygens (including phenoxy) is 2. The van der Waals surface area contributed by atoms with Crippen molar-refractivity contribution in [3.63, 3.8) is 0 Å². The fourth-order valence-electron chi connectivity index (χ4n) is 8.08. The third kappa shape index (κ3) is 21.7. The zero-order valence-electron chi connectivity index (χ0n) is 46.0. The number of methoxy groups -OCH3 is 1. The van der Waals surface area contributed by atoms with Crippen molar-refractivity contribution >= 4 is 97.7 Å². The van der Waals surface area contributed by atoms with Gasteiger partial charge in [0.05, 0.1) is 38.5 Å². The summed E-state index contributed by atoms with van der Waals surface area (Å²) in [5, 5.41) is 13.1. The van der Waals surface area contributed by atoms with E-state index in [2.05, 4.69) is 60.4 Å². The summed E-state index contributed by atoms with van der Waals surface area (Å²) in [6.45, 7) is 9.72. The number of aromatic amines is 1. The molecule has 1 aromatic carbocycles. The molecule has 0 bridgehead atoms. The van der Waals surface area contributed by atoms with Crippen molar-refractivity contribution in [3.8, 4) is 0 Å². The second-order valence-corrected chi connectivity index (χ2v) is 22.9. The smallest absolute Gasteiger partial charge is 0.467 e. The first kappa shape index (κ1) is 65.7. The van der Waals surface area contributed by atoms with E-state index < -0.39 is 71.9 Å². The number of hydrogen-bond acceptors (Lipinski definition) is 17. The van der Waals surface area contributed by atoms with Gasteiger partial charge >= 0.3 is 24.0 Å². The monoisotopic (exact) mass is 1160 g/mol. The molecule has 80 heavy (non-hydrogen) atoms. The Bertz CT molecular complexity index is 2710. The lowest BCUT2D eigenvalue weighted by molar-refractivity contribution is -0.170. The van der Waals surface area contributed by atoms with Crippen molar-refractivity contribution in [1.29, 1.82) is 0 Å². The number of alkyl halides is 3. The van der Waals surface area contributed by atoms with E-state index in [-0.39, 0.29) is 88.3 Å². The Morgan fingerprint density at radius 1 is 0.887 bits per heavy atom. The number of aromatic nitrogens is 4. The number of halogens is 3. The first-order chi connectivity index (χ1) is 37.8. The van der Waals surface area contributed by atoms with Gasteiger partial charge in [-0.2, -0.15) is 18.2 Å². The maximum Gasteiger partial charge on any atom is 0.471 e. The number of nitrogens with one attached hydrogen (secondary N) is 6. The van der Waals surface area contributed by atoms with Gasteiger partial charge in [-0.3, -0.25) is 58.4 Å². The quantitative estimate of drug-likeness (QED) is 0.0280. The Balaban J connectivity index is 1.12. The number of benzene rings is 1. The number of carbonyl (C=O) groups is 9. The van der Waals surface area contributed by atoms with Crippen LogP contribution in [0.1, 0.15) is 134 Å². The van der Waals surface area contributed by atoms with E-state index in [1.807, 2.05) is 6.92 Å². The highest BCUT2D eigenvalue weighted by Crippen LogP contribution is 2.39. The molecule has 0 unspecified atom stereocenters. The summed E-state index contributed by atoms with van der Waals surface area (Å²) < 4.78 is 51.7. The molecule has 1 fully saturated rings. The van der Waals surface area contributed by atoms with E-state index in [9.17, 15) is 61.1 Å². The van der Waals surface area contributed by atoms with Crippen LogP contribution in [0.2, 0.25) is 0 Å². The third-order valence-corrected chi connectivity index (χ3v) is 16.0. The lowest BCUT2D eigenvalue weighted by atomic mass is 10.1. The first-order valence-corrected chi connectivity index (χ1v) is 28.6. The van der Waals surface area contributed by atoms with E-state index in [4.69, 9.17) is 9.47 Å². The predicted molar refractivity (Wildman–Crippen MR) is 294 cm³/mol. The summed E-state index contributed by atoms with van der Waals surface area (Å²) in [7, 11) is 5.88. The molecule has 0 radical (unpaired) electrons. The number of carbonyl (C=O) groups excluding carboxylic acids is 9. The molecule has 4 rings (SSSR count). The molecule has 1 aliphatic heterocycles. The average molecular weight is 1160 g/mol. The second kappa shape index (κ2) is 31.8. The number of rotatable bonds is 31. The van der Waals surface area contributed by atoms with Gasteiger partial charge in [0, 0.05) is 86.0 Å². The molecule has 1 aliphatic rings. The molecule has 0 spiro atoms. The van der Waals surface area contributed by atoms with Crippen LogP contribution in [-0.4, -0.2) is 147 Å². The standard InChI is InChI=1S/C52H72F3N11O12S2/c1-8-34-27-36(78-42(71)21-20-38(67)56-6)30-65(34)41(70)22-23-51(4,5)80-79-26-25-58-39(68)13-11-9-10-12-24-57-40(69)19-18-37(48(75)77-7)61-46(73)32-14-16-35(17-15-32)66(49(76)52(53,54)55)29-33-28-59-44-43(60-33)47(74)64-50(62-44)63-45(72)31(2)3/h14-17,28,31,34,36-37H,8-13,18-27,29-30H2,1-7H3,(H,56,67)(H,57,69)(H,58,68)(H,61,73)(H2,59,62,63,64,72,74)/t34-,36-,37-/m1/s1. The largest absolute Gasteiger partial charge is 0.471 e. The van der Waals surface area contributed by atoms with Crippen molar-refractivity contribution in [3.05, 3.63) is 52.1 Å². The SMILES string of the molecule is CC[C@@H]1C[C@@H](OC(=O)CCC(=O)NC)CN1C(=O)CCC(C)(C)SSCCNC(=O)CCCCCCNC(=O)CC[C@@H](NC(=O)c1ccc(N(Cc2cnc3nc(NC(=O)C(C)C)[nH]c(=O)c3n2)C(=O)C(F)(F)F)cc1)C(=O)OC. The number of likely N-dealkylation sites (tertiary alicyclic amines) is 1. The highest BCUT2D eigenvalue weighted by molar-refractivity contribution is 8.77. The molecule has 23 nitrogen and oxygen atoms in total. The molecule has 3 heterocycles. The molecule has 3 aromatic rings. The summed E-state index contributed by atoms with van der Waals surface area (Å²) in [4.78, 5) is 142. The van der Waals surface area contributed by atoms with Crippen LogP contribution in [0.4, 0.5) is 24.8 Å². The molecule has 28 heteroatoms. The topological polar surface area (TPSA) is 310 Å². The number of nitrogens with zero attached hydrogens (tertiary/aromatic N) is 5. The molecular weight excluding hydrogens is 1090 g/mol. The number of unbranched alkanes of at least 4 members (excludes halogenated alkanes) is 3. The second-order valence-electron chi connectivity index (χ2n) is 19.8. The Kier molecular flexibility index (Phi) is 26.1. The number of anilines is 2. The molecule has 2 aromatic heterocycles. The average Bonchev–Trinajstić information content (AvgIpc) is 3.84. The van der Waals surface area contributed by atoms with Crippen LogP contribution in [0.3, 0.4) is 0 Å². The lowest BCUT2D eigenvalue weighted by Gasteiger charge is -2.27. The van der Waals surface area contributed by atoms with Crippen LogP contribution < -0.4 is 37.0 Å². The van der Waals surface area contributed by atoms with E-state index in [1.54, 1.807) is 40.3 Å². The zero-order valence-corrected chi connectivity index (χ0v) is 47.6. The molecule has 0 aliphatic carbocycles. The molecule has 440 valence electrons. The zero-order chi connectivity index (χ0) is 59.2. The highest BCUT2D eigenvalue weighted by Gasteiger charge is 2.43. The normalized spacial score (nSPS) is 14.7. The van der Waals surface area contributed by atoms with Gasteiger partial charge in [-0.1, -0.05) is 55.2 Å². The highest BCUT2D eigenvalue weighted by atomic mass is 33.1. The molecule has 1 saturated heterocycles. The number of esters is 2. The maximum atomic E-state index is 13.8. The molecular formula is C52H72F3N11O12S2. The minimum absolute atomic E-state index is 0.0119. The van der Waals surface area contributed by atoms with Crippen LogP contribution in [0.5, 0.6) is 0 Å². The molecule has 6 N–H and O–H groups in total. The summed E-state index contributed by atoms with van der Waals surface area (Å²) >= 11 is 0. The first-order valence-electron chi connectivity index (χ1n) is 26.3. The predicted octanol–water partition coefficient (Wildman–Crippen LogP) is 5.03. The lowest BCUT2D eigenvalue weighted by Crippen LogP contribution is -2.42. The summed E-state index contributed by atoms with van der Waals surface area (Å²) in [6.07, 6.45) is 0.424. The summed E-state index contributed by atoms with van der Waals surface area (Å²) in [5.41, 5.74) is -2.08.